The third kappa shape index (κ3) is 9.70. The summed E-state index contributed by atoms with van der Waals surface area (Å²) in [6.45, 7) is 5.96. The third-order valence-electron chi connectivity index (χ3n) is 1.91. The molecule has 0 bridgehead atoms. The highest BCUT2D eigenvalue weighted by Crippen LogP contribution is 2.09. The average Bonchev–Trinajstić information content (AvgIpc) is 2.14. The van der Waals surface area contributed by atoms with E-state index in [1.54, 1.807) is 0 Å². The Morgan fingerprint density at radius 3 is 1.88 bits per heavy atom. The Morgan fingerprint density at radius 2 is 1.44 bits per heavy atom. The summed E-state index contributed by atoms with van der Waals surface area (Å²) in [5.41, 5.74) is 0. The van der Waals surface area contributed by atoms with Crippen LogP contribution in [0.2, 0.25) is 19.6 Å². The maximum Gasteiger partial charge on any atom is 0.305 e. The van der Waals surface area contributed by atoms with Crippen molar-refractivity contribution in [2.24, 2.45) is 0 Å². The van der Waals surface area contributed by atoms with Crippen LogP contribution in [0.15, 0.2) is 0 Å². The van der Waals surface area contributed by atoms with Gasteiger partial charge in [-0.3, -0.25) is 9.59 Å². The van der Waals surface area contributed by atoms with Crippen molar-refractivity contribution in [3.8, 4) is 0 Å². The van der Waals surface area contributed by atoms with E-state index < -0.39 is 8.32 Å². The molecule has 4 nitrogen and oxygen atoms in total. The van der Waals surface area contributed by atoms with Crippen molar-refractivity contribution in [3.05, 3.63) is 0 Å². The molecule has 0 aromatic heterocycles. The number of esters is 1. The van der Waals surface area contributed by atoms with E-state index >= 15 is 0 Å². The van der Waals surface area contributed by atoms with Gasteiger partial charge in [0.15, 0.2) is 0 Å². The van der Waals surface area contributed by atoms with E-state index in [1.807, 2.05) is 19.6 Å². The molecule has 0 aliphatic heterocycles. The Hall–Kier alpha value is -0.843. The fraction of sp³-hybridized carbons (Fsp3) is 0.818. The van der Waals surface area contributed by atoms with Gasteiger partial charge in [0.25, 0.3) is 5.97 Å². The highest BCUT2D eigenvalue weighted by Gasteiger charge is 2.19. The van der Waals surface area contributed by atoms with E-state index in [9.17, 15) is 9.59 Å². The summed E-state index contributed by atoms with van der Waals surface area (Å²) in [6, 6.07) is 0. The monoisotopic (exact) mass is 246 g/mol. The molecule has 0 amide bonds. The van der Waals surface area contributed by atoms with Gasteiger partial charge in [0.1, 0.15) is 0 Å². The lowest BCUT2D eigenvalue weighted by Gasteiger charge is -2.17. The van der Waals surface area contributed by atoms with Gasteiger partial charge in [0.05, 0.1) is 7.11 Å². The number of carbonyl (C=O) groups is 2. The molecule has 0 unspecified atom stereocenters. The number of methoxy groups -OCH3 is 1. The number of hydrogen-bond donors (Lipinski definition) is 0. The largest absolute Gasteiger partial charge is 0.520 e. The molecular weight excluding hydrogens is 224 g/mol. The van der Waals surface area contributed by atoms with Crippen molar-refractivity contribution >= 4 is 20.3 Å². The minimum Gasteiger partial charge on any atom is -0.520 e. The van der Waals surface area contributed by atoms with Crippen LogP contribution < -0.4 is 0 Å². The molecule has 0 spiro atoms. The summed E-state index contributed by atoms with van der Waals surface area (Å²) < 4.78 is 9.81. The molecule has 0 aromatic rings. The second-order valence-electron chi connectivity index (χ2n) is 4.72. The van der Waals surface area contributed by atoms with Crippen molar-refractivity contribution in [2.75, 3.05) is 7.11 Å². The second kappa shape index (κ2) is 7.43. The number of unbranched alkanes of at least 4 members (excludes halogenated alkanes) is 2. The smallest absolute Gasteiger partial charge is 0.305 e. The Labute approximate surface area is 98.4 Å². The molecule has 0 N–H and O–H groups in total. The van der Waals surface area contributed by atoms with Gasteiger partial charge in [-0.1, -0.05) is 6.42 Å². The lowest BCUT2D eigenvalue weighted by molar-refractivity contribution is -0.140. The number of hydrogen-bond acceptors (Lipinski definition) is 4. The van der Waals surface area contributed by atoms with Crippen molar-refractivity contribution in [1.29, 1.82) is 0 Å². The highest BCUT2D eigenvalue weighted by atomic mass is 28.4. The molecular formula is C11H22O4Si. The summed E-state index contributed by atoms with van der Waals surface area (Å²) in [5.74, 6) is -0.304. The number of rotatable bonds is 7. The lowest BCUT2D eigenvalue weighted by atomic mass is 10.1. The Morgan fingerprint density at radius 1 is 0.938 bits per heavy atom. The standard InChI is InChI=1S/C11H22O4Si/c1-14-10(12)8-6-5-7-9-11(13)15-16(2,3)4/h5-9H2,1-4H3. The maximum absolute atomic E-state index is 11.3. The lowest BCUT2D eigenvalue weighted by Crippen LogP contribution is -2.28. The SMILES string of the molecule is COC(=O)CCCCCC(=O)O[Si](C)(C)C. The van der Waals surface area contributed by atoms with Crippen LogP contribution >= 0.6 is 0 Å². The van der Waals surface area contributed by atoms with E-state index in [2.05, 4.69) is 4.74 Å². The predicted molar refractivity (Wildman–Crippen MR) is 64.5 cm³/mol. The van der Waals surface area contributed by atoms with E-state index in [-0.39, 0.29) is 11.9 Å². The van der Waals surface area contributed by atoms with Crippen molar-refractivity contribution < 1.29 is 18.8 Å². The van der Waals surface area contributed by atoms with Gasteiger partial charge in [-0.25, -0.2) is 0 Å². The molecule has 0 saturated carbocycles. The molecule has 0 aliphatic carbocycles. The van der Waals surface area contributed by atoms with Crippen LogP contribution in [0.4, 0.5) is 0 Å². The summed E-state index contributed by atoms with van der Waals surface area (Å²) >= 11 is 0. The van der Waals surface area contributed by atoms with Gasteiger partial charge >= 0.3 is 5.97 Å². The van der Waals surface area contributed by atoms with Crippen LogP contribution in [-0.4, -0.2) is 27.4 Å². The number of ether oxygens (including phenoxy) is 1. The van der Waals surface area contributed by atoms with E-state index in [1.165, 1.54) is 7.11 Å². The van der Waals surface area contributed by atoms with Gasteiger partial charge in [-0.2, -0.15) is 0 Å². The molecule has 0 radical (unpaired) electrons. The second-order valence-corrected chi connectivity index (χ2v) is 9.15. The Balaban J connectivity index is 3.45. The molecule has 0 heterocycles. The molecule has 0 aliphatic rings. The highest BCUT2D eigenvalue weighted by molar-refractivity contribution is 6.71. The molecule has 0 aromatic carbocycles. The Bertz CT molecular complexity index is 233. The molecule has 0 rings (SSSR count). The minimum atomic E-state index is -1.74. The van der Waals surface area contributed by atoms with Crippen LogP contribution in [0.1, 0.15) is 32.1 Å². The zero-order valence-electron chi connectivity index (χ0n) is 10.7. The van der Waals surface area contributed by atoms with Crippen molar-refractivity contribution in [2.45, 2.75) is 51.7 Å². The minimum absolute atomic E-state index is 0.114. The first-order valence-electron chi connectivity index (χ1n) is 5.64. The predicted octanol–water partition coefficient (Wildman–Crippen LogP) is 2.49. The fourth-order valence-corrected chi connectivity index (χ4v) is 2.00. The first kappa shape index (κ1) is 15.2. The van der Waals surface area contributed by atoms with Gasteiger partial charge in [-0.05, 0) is 32.5 Å². The molecule has 16 heavy (non-hydrogen) atoms. The zero-order valence-corrected chi connectivity index (χ0v) is 11.7. The summed E-state index contributed by atoms with van der Waals surface area (Å²) in [7, 11) is -0.354. The topological polar surface area (TPSA) is 52.6 Å². The Kier molecular flexibility index (Phi) is 7.04. The van der Waals surface area contributed by atoms with Crippen LogP contribution in [-0.2, 0) is 18.8 Å². The van der Waals surface area contributed by atoms with E-state index in [0.29, 0.717) is 12.8 Å². The van der Waals surface area contributed by atoms with Gasteiger partial charge in [-0.15, -0.1) is 0 Å². The van der Waals surface area contributed by atoms with Crippen molar-refractivity contribution in [1.82, 2.24) is 0 Å². The quantitative estimate of drug-likeness (QED) is 0.393. The maximum atomic E-state index is 11.3. The number of carbonyl (C=O) groups excluding carboxylic acids is 2. The normalized spacial score (nSPS) is 11.0. The molecule has 94 valence electrons. The zero-order chi connectivity index (χ0) is 12.6. The van der Waals surface area contributed by atoms with Crippen LogP contribution in [0, 0.1) is 0 Å². The molecule has 0 fully saturated rings. The summed E-state index contributed by atoms with van der Waals surface area (Å²) in [6.07, 6.45) is 3.29. The molecule has 0 saturated heterocycles. The summed E-state index contributed by atoms with van der Waals surface area (Å²) in [5, 5.41) is 0. The summed E-state index contributed by atoms with van der Waals surface area (Å²) in [4.78, 5) is 22.1. The first-order chi connectivity index (χ1) is 7.35. The van der Waals surface area contributed by atoms with Crippen LogP contribution in [0.3, 0.4) is 0 Å². The fourth-order valence-electron chi connectivity index (χ4n) is 1.21. The molecule has 5 heteroatoms. The average molecular weight is 246 g/mol. The van der Waals surface area contributed by atoms with Gasteiger partial charge in [0.2, 0.25) is 8.32 Å². The molecule has 0 atom stereocenters. The van der Waals surface area contributed by atoms with Gasteiger partial charge in [0, 0.05) is 12.8 Å². The van der Waals surface area contributed by atoms with Gasteiger partial charge < -0.3 is 9.16 Å². The third-order valence-corrected chi connectivity index (χ3v) is 2.75. The van der Waals surface area contributed by atoms with Crippen LogP contribution in [0.25, 0.3) is 0 Å². The first-order valence-corrected chi connectivity index (χ1v) is 9.04. The van der Waals surface area contributed by atoms with Crippen LogP contribution in [0.5, 0.6) is 0 Å². The van der Waals surface area contributed by atoms with E-state index in [0.717, 1.165) is 19.3 Å². The van der Waals surface area contributed by atoms with E-state index in [4.69, 9.17) is 4.43 Å². The van der Waals surface area contributed by atoms with Crippen molar-refractivity contribution in [3.63, 3.8) is 0 Å².